The molecule has 0 aromatic rings. The first-order valence-corrected chi connectivity index (χ1v) is 7.38. The Hall–Kier alpha value is -0.830. The molecule has 5 nitrogen and oxygen atoms in total. The van der Waals surface area contributed by atoms with E-state index in [-0.39, 0.29) is 12.4 Å². The Kier molecular flexibility index (Phi) is 10.5. The molecule has 1 fully saturated rings. The molecule has 9 heteroatoms. The van der Waals surface area contributed by atoms with E-state index in [0.717, 1.165) is 0 Å². The van der Waals surface area contributed by atoms with Crippen molar-refractivity contribution in [1.82, 2.24) is 15.5 Å². The second-order valence-electron chi connectivity index (χ2n) is 5.18. The SMILES string of the molecule is C=CCCOC(C)C(=O)NCC(N1CCNCC1)C(F)(F)F.Cl. The van der Waals surface area contributed by atoms with Gasteiger partial charge in [0.15, 0.2) is 0 Å². The topological polar surface area (TPSA) is 53.6 Å². The van der Waals surface area contributed by atoms with Crippen LogP contribution in [-0.2, 0) is 9.53 Å². The van der Waals surface area contributed by atoms with Crippen LogP contribution in [0.4, 0.5) is 13.2 Å². The number of nitrogens with zero attached hydrogens (tertiary/aromatic N) is 1. The lowest BCUT2D eigenvalue weighted by Gasteiger charge is -2.36. The second kappa shape index (κ2) is 10.9. The van der Waals surface area contributed by atoms with Crippen molar-refractivity contribution in [3.8, 4) is 0 Å². The molecule has 2 N–H and O–H groups in total. The van der Waals surface area contributed by atoms with E-state index >= 15 is 0 Å². The van der Waals surface area contributed by atoms with Crippen LogP contribution in [0.25, 0.3) is 0 Å². The second-order valence-corrected chi connectivity index (χ2v) is 5.18. The summed E-state index contributed by atoms with van der Waals surface area (Å²) in [5.41, 5.74) is 0. The van der Waals surface area contributed by atoms with E-state index in [9.17, 15) is 18.0 Å². The van der Waals surface area contributed by atoms with Crippen LogP contribution in [0.15, 0.2) is 12.7 Å². The van der Waals surface area contributed by atoms with Crippen molar-refractivity contribution in [2.45, 2.75) is 31.7 Å². The maximum absolute atomic E-state index is 13.1. The number of ether oxygens (including phenoxy) is 1. The fraction of sp³-hybridized carbons (Fsp3) is 0.786. The van der Waals surface area contributed by atoms with E-state index in [1.54, 1.807) is 6.08 Å². The Morgan fingerprint density at radius 1 is 1.43 bits per heavy atom. The fourth-order valence-electron chi connectivity index (χ4n) is 2.19. The van der Waals surface area contributed by atoms with Crippen LogP contribution < -0.4 is 10.6 Å². The normalized spacial score (nSPS) is 18.6. The van der Waals surface area contributed by atoms with Crippen molar-refractivity contribution < 1.29 is 22.7 Å². The van der Waals surface area contributed by atoms with E-state index in [4.69, 9.17) is 4.74 Å². The van der Waals surface area contributed by atoms with Crippen molar-refractivity contribution in [2.24, 2.45) is 0 Å². The van der Waals surface area contributed by atoms with Crippen molar-refractivity contribution in [3.05, 3.63) is 12.7 Å². The van der Waals surface area contributed by atoms with Crippen LogP contribution in [0.5, 0.6) is 0 Å². The molecule has 136 valence electrons. The summed E-state index contributed by atoms with van der Waals surface area (Å²) in [6.07, 6.45) is -2.92. The quantitative estimate of drug-likeness (QED) is 0.507. The molecule has 1 rings (SSSR count). The number of halogens is 4. The third-order valence-corrected chi connectivity index (χ3v) is 3.50. The summed E-state index contributed by atoms with van der Waals surface area (Å²) < 4.78 is 44.7. The van der Waals surface area contributed by atoms with E-state index < -0.39 is 30.8 Å². The molecule has 0 spiro atoms. The average Bonchev–Trinajstić information content (AvgIpc) is 2.47. The summed E-state index contributed by atoms with van der Waals surface area (Å²) in [7, 11) is 0. The number of nitrogens with one attached hydrogen (secondary N) is 2. The number of carbonyl (C=O) groups excluding carboxylic acids is 1. The number of amides is 1. The Morgan fingerprint density at radius 3 is 2.57 bits per heavy atom. The van der Waals surface area contributed by atoms with Gasteiger partial charge in [-0.1, -0.05) is 6.08 Å². The maximum Gasteiger partial charge on any atom is 0.405 e. The minimum Gasteiger partial charge on any atom is -0.368 e. The lowest BCUT2D eigenvalue weighted by atomic mass is 10.2. The molecule has 0 aromatic heterocycles. The predicted molar refractivity (Wildman–Crippen MR) is 84.8 cm³/mol. The van der Waals surface area contributed by atoms with Gasteiger partial charge < -0.3 is 15.4 Å². The van der Waals surface area contributed by atoms with Gasteiger partial charge in [0.1, 0.15) is 12.1 Å². The van der Waals surface area contributed by atoms with Crippen molar-refractivity contribution in [1.29, 1.82) is 0 Å². The summed E-state index contributed by atoms with van der Waals surface area (Å²) in [5.74, 6) is -0.534. The summed E-state index contributed by atoms with van der Waals surface area (Å²) in [4.78, 5) is 13.1. The highest BCUT2D eigenvalue weighted by molar-refractivity contribution is 5.85. The van der Waals surface area contributed by atoms with Gasteiger partial charge in [-0.2, -0.15) is 13.2 Å². The third-order valence-electron chi connectivity index (χ3n) is 3.50. The van der Waals surface area contributed by atoms with E-state index in [0.29, 0.717) is 39.2 Å². The minimum absolute atomic E-state index is 0. The van der Waals surface area contributed by atoms with Crippen molar-refractivity contribution >= 4 is 18.3 Å². The number of carbonyl (C=O) groups is 1. The largest absolute Gasteiger partial charge is 0.405 e. The predicted octanol–water partition coefficient (Wildman–Crippen LogP) is 1.34. The summed E-state index contributed by atoms with van der Waals surface area (Å²) in [6, 6.07) is -1.67. The van der Waals surface area contributed by atoms with Gasteiger partial charge in [-0.05, 0) is 13.3 Å². The molecular weight excluding hydrogens is 335 g/mol. The Labute approximate surface area is 141 Å². The molecule has 0 aliphatic carbocycles. The molecule has 1 heterocycles. The van der Waals surface area contributed by atoms with E-state index in [1.807, 2.05) is 0 Å². The van der Waals surface area contributed by atoms with Crippen molar-refractivity contribution in [2.75, 3.05) is 39.3 Å². The van der Waals surface area contributed by atoms with Gasteiger partial charge in [0.2, 0.25) is 5.91 Å². The first-order valence-electron chi connectivity index (χ1n) is 7.38. The Balaban J connectivity index is 0.00000484. The number of rotatable bonds is 8. The zero-order chi connectivity index (χ0) is 16.6. The van der Waals surface area contributed by atoms with E-state index in [1.165, 1.54) is 11.8 Å². The summed E-state index contributed by atoms with van der Waals surface area (Å²) >= 11 is 0. The smallest absolute Gasteiger partial charge is 0.368 e. The molecule has 2 unspecified atom stereocenters. The van der Waals surface area contributed by atoms with Crippen LogP contribution in [0.3, 0.4) is 0 Å². The third kappa shape index (κ3) is 8.01. The molecule has 0 aromatic carbocycles. The van der Waals surface area contributed by atoms with E-state index in [2.05, 4.69) is 17.2 Å². The molecule has 1 saturated heterocycles. The summed E-state index contributed by atoms with van der Waals surface area (Å²) in [5, 5.41) is 5.35. The molecule has 23 heavy (non-hydrogen) atoms. The van der Waals surface area contributed by atoms with Crippen LogP contribution in [0, 0.1) is 0 Å². The molecule has 1 amide bonds. The van der Waals surface area contributed by atoms with Gasteiger partial charge in [0.25, 0.3) is 0 Å². The summed E-state index contributed by atoms with van der Waals surface area (Å²) in [6.45, 7) is 6.55. The molecule has 0 bridgehead atoms. The zero-order valence-corrected chi connectivity index (χ0v) is 14.0. The monoisotopic (exact) mass is 359 g/mol. The Bertz CT molecular complexity index is 364. The highest BCUT2D eigenvalue weighted by Crippen LogP contribution is 2.24. The zero-order valence-electron chi connectivity index (χ0n) is 13.2. The van der Waals surface area contributed by atoms with Crippen molar-refractivity contribution in [3.63, 3.8) is 0 Å². The average molecular weight is 360 g/mol. The van der Waals surface area contributed by atoms with Crippen LogP contribution >= 0.6 is 12.4 Å². The van der Waals surface area contributed by atoms with Gasteiger partial charge in [-0.25, -0.2) is 0 Å². The number of piperazine rings is 1. The molecule has 0 radical (unpaired) electrons. The minimum atomic E-state index is -4.38. The molecule has 2 atom stereocenters. The number of hydrogen-bond acceptors (Lipinski definition) is 4. The maximum atomic E-state index is 13.1. The lowest BCUT2D eigenvalue weighted by molar-refractivity contribution is -0.184. The molecule has 1 aliphatic heterocycles. The molecule has 1 aliphatic rings. The standard InChI is InChI=1S/C14H24F3N3O2.ClH/c1-3-4-9-22-11(2)13(21)19-10-12(14(15,16)17)20-7-5-18-6-8-20;/h3,11-12,18H,1,4-10H2,2H3,(H,19,21);1H. The van der Waals surface area contributed by atoms with Crippen LogP contribution in [0.1, 0.15) is 13.3 Å². The number of hydrogen-bond donors (Lipinski definition) is 2. The Morgan fingerprint density at radius 2 is 2.04 bits per heavy atom. The van der Waals surface area contributed by atoms with Gasteiger partial charge in [-0.15, -0.1) is 19.0 Å². The molecule has 0 saturated carbocycles. The fourth-order valence-corrected chi connectivity index (χ4v) is 2.19. The number of alkyl halides is 3. The van der Waals surface area contributed by atoms with Gasteiger partial charge in [0.05, 0.1) is 6.61 Å². The lowest BCUT2D eigenvalue weighted by Crippen LogP contribution is -2.58. The highest BCUT2D eigenvalue weighted by Gasteiger charge is 2.43. The van der Waals surface area contributed by atoms with Gasteiger partial charge in [-0.3, -0.25) is 9.69 Å². The molecular formula is C14H25ClF3N3O2. The first kappa shape index (κ1) is 22.2. The first-order chi connectivity index (χ1) is 10.4. The van der Waals surface area contributed by atoms with Crippen LogP contribution in [-0.4, -0.2) is 68.5 Å². The van der Waals surface area contributed by atoms with Gasteiger partial charge >= 0.3 is 6.18 Å². The van der Waals surface area contributed by atoms with Gasteiger partial charge in [0, 0.05) is 32.7 Å². The highest BCUT2D eigenvalue weighted by atomic mass is 35.5. The van der Waals surface area contributed by atoms with Crippen LogP contribution in [0.2, 0.25) is 0 Å².